The van der Waals surface area contributed by atoms with Gasteiger partial charge in [0.15, 0.2) is 0 Å². The molecule has 0 saturated heterocycles. The lowest BCUT2D eigenvalue weighted by atomic mass is 10.0. The van der Waals surface area contributed by atoms with Crippen molar-refractivity contribution in [1.82, 2.24) is 10.2 Å². The first kappa shape index (κ1) is 19.0. The molecule has 0 unspecified atom stereocenters. The van der Waals surface area contributed by atoms with Crippen molar-refractivity contribution >= 4 is 17.8 Å². The van der Waals surface area contributed by atoms with Gasteiger partial charge in [0.2, 0.25) is 0 Å². The first-order valence-electron chi connectivity index (χ1n) is 8.84. The molecule has 1 aromatic rings. The maximum Gasteiger partial charge on any atom is 0.317 e. The molecule has 0 heterocycles. The molecule has 2 rings (SSSR count). The Morgan fingerprint density at radius 3 is 2.79 bits per heavy atom. The summed E-state index contributed by atoms with van der Waals surface area (Å²) in [6.07, 6.45) is 9.89. The molecular formula is C19H30N2O2S. The van der Waals surface area contributed by atoms with Crippen LogP contribution in [0.25, 0.3) is 0 Å². The largest absolute Gasteiger partial charge is 0.496 e. The molecule has 4 nitrogen and oxygen atoms in total. The van der Waals surface area contributed by atoms with E-state index in [1.165, 1.54) is 32.1 Å². The van der Waals surface area contributed by atoms with E-state index < -0.39 is 0 Å². The number of thioether (sulfide) groups is 1. The van der Waals surface area contributed by atoms with Crippen LogP contribution in [0.3, 0.4) is 0 Å². The third-order valence-corrected chi connectivity index (χ3v) is 5.53. The Hall–Kier alpha value is -1.36. The average molecular weight is 351 g/mol. The highest BCUT2D eigenvalue weighted by Crippen LogP contribution is 2.29. The zero-order valence-corrected chi connectivity index (χ0v) is 16.0. The van der Waals surface area contributed by atoms with Gasteiger partial charge in [0, 0.05) is 25.0 Å². The first-order chi connectivity index (χ1) is 11.6. The predicted molar refractivity (Wildman–Crippen MR) is 101 cm³/mol. The van der Waals surface area contributed by atoms with Crippen molar-refractivity contribution in [3.8, 4) is 5.75 Å². The molecule has 1 aliphatic rings. The summed E-state index contributed by atoms with van der Waals surface area (Å²) in [6, 6.07) is 6.11. The SMILES string of the molecule is COc1cc(CN(C)C(=O)NCCCC2CCCC2)ccc1SC. The molecule has 0 atom stereocenters. The second kappa shape index (κ2) is 9.82. The number of carbonyl (C=O) groups is 1. The van der Waals surface area contributed by atoms with E-state index in [1.54, 1.807) is 23.8 Å². The van der Waals surface area contributed by atoms with E-state index >= 15 is 0 Å². The summed E-state index contributed by atoms with van der Waals surface area (Å²) < 4.78 is 5.41. The van der Waals surface area contributed by atoms with E-state index in [1.807, 2.05) is 25.4 Å². The van der Waals surface area contributed by atoms with Crippen molar-refractivity contribution in [2.75, 3.05) is 27.0 Å². The minimum Gasteiger partial charge on any atom is -0.496 e. The van der Waals surface area contributed by atoms with Crippen LogP contribution < -0.4 is 10.1 Å². The zero-order valence-electron chi connectivity index (χ0n) is 15.1. The number of nitrogens with zero attached hydrogens (tertiary/aromatic N) is 1. The van der Waals surface area contributed by atoms with E-state index in [-0.39, 0.29) is 6.03 Å². The van der Waals surface area contributed by atoms with Crippen LogP contribution >= 0.6 is 11.8 Å². The molecule has 1 saturated carbocycles. The Bertz CT molecular complexity index is 530. The van der Waals surface area contributed by atoms with Crippen molar-refractivity contribution in [1.29, 1.82) is 0 Å². The molecule has 134 valence electrons. The number of benzene rings is 1. The average Bonchev–Trinajstić information content (AvgIpc) is 3.11. The fourth-order valence-corrected chi connectivity index (χ4v) is 3.89. The standard InChI is InChI=1S/C19H30N2O2S/c1-21(14-16-10-11-18(24-3)17(13-16)23-2)19(22)20-12-6-9-15-7-4-5-8-15/h10-11,13,15H,4-9,12,14H2,1-3H3,(H,20,22). The van der Waals surface area contributed by atoms with Crippen molar-refractivity contribution in [2.45, 2.75) is 50.0 Å². The summed E-state index contributed by atoms with van der Waals surface area (Å²) in [6.45, 7) is 1.36. The summed E-state index contributed by atoms with van der Waals surface area (Å²) in [5, 5.41) is 3.03. The highest BCUT2D eigenvalue weighted by Gasteiger charge is 2.15. The van der Waals surface area contributed by atoms with Crippen LogP contribution in [0.4, 0.5) is 4.79 Å². The number of ether oxygens (including phenoxy) is 1. The highest BCUT2D eigenvalue weighted by molar-refractivity contribution is 7.98. The van der Waals surface area contributed by atoms with Gasteiger partial charge in [-0.3, -0.25) is 0 Å². The summed E-state index contributed by atoms with van der Waals surface area (Å²) >= 11 is 1.66. The third kappa shape index (κ3) is 5.62. The molecule has 0 radical (unpaired) electrons. The Morgan fingerprint density at radius 2 is 2.12 bits per heavy atom. The van der Waals surface area contributed by atoms with Gasteiger partial charge in [0.05, 0.1) is 7.11 Å². The van der Waals surface area contributed by atoms with E-state index in [0.717, 1.165) is 35.1 Å². The highest BCUT2D eigenvalue weighted by atomic mass is 32.2. The summed E-state index contributed by atoms with van der Waals surface area (Å²) in [7, 11) is 3.51. The number of hydrogen-bond acceptors (Lipinski definition) is 3. The zero-order chi connectivity index (χ0) is 17.4. The summed E-state index contributed by atoms with van der Waals surface area (Å²) in [4.78, 5) is 15.0. The van der Waals surface area contributed by atoms with Gasteiger partial charge in [-0.05, 0) is 42.7 Å². The van der Waals surface area contributed by atoms with Gasteiger partial charge >= 0.3 is 6.03 Å². The Labute approximate surface area is 150 Å². The number of rotatable bonds is 8. The minimum absolute atomic E-state index is 0.00525. The van der Waals surface area contributed by atoms with Crippen molar-refractivity contribution in [3.63, 3.8) is 0 Å². The van der Waals surface area contributed by atoms with Gasteiger partial charge in [-0.25, -0.2) is 4.79 Å². The van der Waals surface area contributed by atoms with Gasteiger partial charge in [0.1, 0.15) is 5.75 Å². The maximum absolute atomic E-state index is 12.2. The molecule has 0 bridgehead atoms. The first-order valence-corrected chi connectivity index (χ1v) is 10.1. The van der Waals surface area contributed by atoms with Gasteiger partial charge in [-0.15, -0.1) is 11.8 Å². The maximum atomic E-state index is 12.2. The molecule has 5 heteroatoms. The molecule has 0 spiro atoms. The number of urea groups is 1. The van der Waals surface area contributed by atoms with Crippen LogP contribution in [0.5, 0.6) is 5.75 Å². The number of nitrogens with one attached hydrogen (secondary N) is 1. The fraction of sp³-hybridized carbons (Fsp3) is 0.632. The van der Waals surface area contributed by atoms with Crippen LogP contribution in [0.1, 0.15) is 44.1 Å². The van der Waals surface area contributed by atoms with E-state index in [4.69, 9.17) is 4.74 Å². The molecule has 1 fully saturated rings. The fourth-order valence-electron chi connectivity index (χ4n) is 3.34. The van der Waals surface area contributed by atoms with Crippen LogP contribution in [-0.4, -0.2) is 37.9 Å². The summed E-state index contributed by atoms with van der Waals surface area (Å²) in [5.41, 5.74) is 1.08. The molecule has 0 aromatic heterocycles. The van der Waals surface area contributed by atoms with Crippen LogP contribution in [0, 0.1) is 5.92 Å². The molecule has 24 heavy (non-hydrogen) atoms. The van der Waals surface area contributed by atoms with Crippen molar-refractivity contribution in [3.05, 3.63) is 23.8 Å². The molecule has 1 aliphatic carbocycles. The summed E-state index contributed by atoms with van der Waals surface area (Å²) in [5.74, 6) is 1.76. The van der Waals surface area contributed by atoms with Crippen LogP contribution in [0.2, 0.25) is 0 Å². The lowest BCUT2D eigenvalue weighted by Crippen LogP contribution is -2.37. The Balaban J connectivity index is 1.74. The monoisotopic (exact) mass is 350 g/mol. The van der Waals surface area contributed by atoms with Crippen molar-refractivity contribution < 1.29 is 9.53 Å². The van der Waals surface area contributed by atoms with Crippen LogP contribution in [0.15, 0.2) is 23.1 Å². The molecule has 2 amide bonds. The van der Waals surface area contributed by atoms with Gasteiger partial charge in [-0.2, -0.15) is 0 Å². The predicted octanol–water partition coefficient (Wildman–Crippen LogP) is 4.53. The number of carbonyl (C=O) groups excluding carboxylic acids is 1. The van der Waals surface area contributed by atoms with E-state index in [2.05, 4.69) is 11.4 Å². The van der Waals surface area contributed by atoms with Gasteiger partial charge < -0.3 is 15.0 Å². The topological polar surface area (TPSA) is 41.6 Å². The van der Waals surface area contributed by atoms with E-state index in [9.17, 15) is 4.79 Å². The number of methoxy groups -OCH3 is 1. The quantitative estimate of drug-likeness (QED) is 0.553. The molecular weight excluding hydrogens is 320 g/mol. The molecule has 1 N–H and O–H groups in total. The number of hydrogen-bond donors (Lipinski definition) is 1. The molecule has 0 aliphatic heterocycles. The second-order valence-electron chi connectivity index (χ2n) is 6.57. The van der Waals surface area contributed by atoms with Gasteiger partial charge in [0.25, 0.3) is 0 Å². The van der Waals surface area contributed by atoms with Gasteiger partial charge in [-0.1, -0.05) is 31.7 Å². The van der Waals surface area contributed by atoms with Crippen molar-refractivity contribution in [2.24, 2.45) is 5.92 Å². The lowest BCUT2D eigenvalue weighted by molar-refractivity contribution is 0.206. The Kier molecular flexibility index (Phi) is 7.76. The van der Waals surface area contributed by atoms with Crippen LogP contribution in [-0.2, 0) is 6.54 Å². The van der Waals surface area contributed by atoms with E-state index in [0.29, 0.717) is 6.54 Å². The smallest absolute Gasteiger partial charge is 0.317 e. The minimum atomic E-state index is -0.00525. The molecule has 1 aromatic carbocycles. The number of amides is 2. The normalized spacial score (nSPS) is 14.6. The Morgan fingerprint density at radius 1 is 1.38 bits per heavy atom. The lowest BCUT2D eigenvalue weighted by Gasteiger charge is -2.19. The second-order valence-corrected chi connectivity index (χ2v) is 7.42. The third-order valence-electron chi connectivity index (χ3n) is 4.75.